The van der Waals surface area contributed by atoms with Crippen LogP contribution < -0.4 is 10.1 Å². The van der Waals surface area contributed by atoms with Gasteiger partial charge in [-0.05, 0) is 61.7 Å². The average Bonchev–Trinajstić information content (AvgIpc) is 3.27. The molecule has 1 unspecified atom stereocenters. The fourth-order valence-corrected chi connectivity index (χ4v) is 5.05. The van der Waals surface area contributed by atoms with Crippen LogP contribution in [0.25, 0.3) is 11.4 Å². The van der Waals surface area contributed by atoms with Gasteiger partial charge in [0.25, 0.3) is 0 Å². The smallest absolute Gasteiger partial charge is 0.233 e. The highest BCUT2D eigenvalue weighted by molar-refractivity contribution is 8.00. The summed E-state index contributed by atoms with van der Waals surface area (Å²) in [4.78, 5) is 12.7. The second-order valence-corrected chi connectivity index (χ2v) is 9.61. The average molecular weight is 469 g/mol. The van der Waals surface area contributed by atoms with E-state index >= 15 is 0 Å². The molecule has 1 N–H and O–H groups in total. The first-order chi connectivity index (χ1) is 16.0. The molecule has 1 fully saturated rings. The van der Waals surface area contributed by atoms with Crippen LogP contribution in [0.5, 0.6) is 5.75 Å². The minimum absolute atomic E-state index is 0.0893. The molecule has 0 aliphatic heterocycles. The number of thioether (sulfide) groups is 1. The number of rotatable bonds is 8. The second-order valence-electron chi connectivity index (χ2n) is 8.30. The zero-order valence-electron chi connectivity index (χ0n) is 19.0. The van der Waals surface area contributed by atoms with E-state index in [4.69, 9.17) is 4.74 Å². The molecule has 1 saturated carbocycles. The standard InChI is InChI=1S/C25H29FN4O2S/c1-17(24(31)27-16-18-8-12-20(26)13-9-18)33-25-29-28-23(19-10-14-22(32-2)15-11-19)30(25)21-6-4-3-5-7-21/h8-15,17,21H,3-7,16H2,1-2H3,(H,27,31). The van der Waals surface area contributed by atoms with Gasteiger partial charge in [-0.1, -0.05) is 43.2 Å². The lowest BCUT2D eigenvalue weighted by atomic mass is 9.95. The number of hydrogen-bond acceptors (Lipinski definition) is 5. The van der Waals surface area contributed by atoms with E-state index in [1.807, 2.05) is 31.2 Å². The van der Waals surface area contributed by atoms with Gasteiger partial charge in [-0.15, -0.1) is 10.2 Å². The Morgan fingerprint density at radius 3 is 2.48 bits per heavy atom. The Hall–Kier alpha value is -2.87. The van der Waals surface area contributed by atoms with Crippen LogP contribution in [0.1, 0.15) is 50.6 Å². The van der Waals surface area contributed by atoms with Crippen molar-refractivity contribution in [2.24, 2.45) is 0 Å². The first kappa shape index (κ1) is 23.3. The fraction of sp³-hybridized carbons (Fsp3) is 0.400. The van der Waals surface area contributed by atoms with E-state index in [9.17, 15) is 9.18 Å². The molecule has 2 aromatic carbocycles. The fourth-order valence-electron chi connectivity index (χ4n) is 4.11. The van der Waals surface area contributed by atoms with Gasteiger partial charge in [-0.2, -0.15) is 0 Å². The number of nitrogens with one attached hydrogen (secondary N) is 1. The summed E-state index contributed by atoms with van der Waals surface area (Å²) < 4.78 is 20.6. The lowest BCUT2D eigenvalue weighted by Crippen LogP contribution is -2.30. The van der Waals surface area contributed by atoms with E-state index in [0.717, 1.165) is 40.7 Å². The molecule has 33 heavy (non-hydrogen) atoms. The Labute approximate surface area is 197 Å². The molecule has 8 heteroatoms. The molecule has 0 spiro atoms. The third kappa shape index (κ3) is 5.74. The Bertz CT molecular complexity index is 1060. The summed E-state index contributed by atoms with van der Waals surface area (Å²) in [6.07, 6.45) is 5.78. The van der Waals surface area contributed by atoms with Gasteiger partial charge in [0.15, 0.2) is 11.0 Å². The molecular formula is C25H29FN4O2S. The normalized spacial score (nSPS) is 15.2. The number of ether oxygens (including phenoxy) is 1. The summed E-state index contributed by atoms with van der Waals surface area (Å²) >= 11 is 1.43. The van der Waals surface area contributed by atoms with Crippen LogP contribution in [0.4, 0.5) is 4.39 Å². The zero-order valence-corrected chi connectivity index (χ0v) is 19.8. The van der Waals surface area contributed by atoms with Crippen LogP contribution in [0.2, 0.25) is 0 Å². The SMILES string of the molecule is COc1ccc(-c2nnc(SC(C)C(=O)NCc3ccc(F)cc3)n2C2CCCCC2)cc1. The maximum Gasteiger partial charge on any atom is 0.233 e. The minimum Gasteiger partial charge on any atom is -0.497 e. The van der Waals surface area contributed by atoms with E-state index in [1.54, 1.807) is 19.2 Å². The van der Waals surface area contributed by atoms with E-state index in [1.165, 1.54) is 43.2 Å². The monoisotopic (exact) mass is 468 g/mol. The maximum absolute atomic E-state index is 13.1. The predicted molar refractivity (Wildman–Crippen MR) is 128 cm³/mol. The second kappa shape index (κ2) is 10.8. The van der Waals surface area contributed by atoms with Crippen LogP contribution in [0.3, 0.4) is 0 Å². The molecule has 4 rings (SSSR count). The summed E-state index contributed by atoms with van der Waals surface area (Å²) in [7, 11) is 1.65. The molecule has 1 amide bonds. The third-order valence-electron chi connectivity index (χ3n) is 5.98. The van der Waals surface area contributed by atoms with Crippen molar-refractivity contribution in [2.45, 2.75) is 62.0 Å². The largest absolute Gasteiger partial charge is 0.497 e. The molecule has 1 aliphatic carbocycles. The van der Waals surface area contributed by atoms with Crippen LogP contribution in [0.15, 0.2) is 53.7 Å². The first-order valence-corrected chi connectivity index (χ1v) is 12.2. The van der Waals surface area contributed by atoms with Gasteiger partial charge in [0, 0.05) is 18.2 Å². The molecule has 0 saturated heterocycles. The van der Waals surface area contributed by atoms with Gasteiger partial charge in [0.2, 0.25) is 5.91 Å². The topological polar surface area (TPSA) is 69.0 Å². The molecule has 0 radical (unpaired) electrons. The van der Waals surface area contributed by atoms with Gasteiger partial charge in [-0.3, -0.25) is 9.36 Å². The van der Waals surface area contributed by atoms with Crippen molar-refractivity contribution in [3.05, 3.63) is 59.9 Å². The zero-order chi connectivity index (χ0) is 23.2. The molecule has 1 heterocycles. The van der Waals surface area contributed by atoms with Crippen LogP contribution in [0, 0.1) is 5.82 Å². The molecule has 1 aromatic heterocycles. The lowest BCUT2D eigenvalue weighted by Gasteiger charge is -2.26. The summed E-state index contributed by atoms with van der Waals surface area (Å²) in [5.74, 6) is 1.24. The van der Waals surface area contributed by atoms with Gasteiger partial charge >= 0.3 is 0 Å². The van der Waals surface area contributed by atoms with Crippen molar-refractivity contribution in [3.63, 3.8) is 0 Å². The summed E-state index contributed by atoms with van der Waals surface area (Å²) in [6.45, 7) is 2.23. The Morgan fingerprint density at radius 1 is 1.12 bits per heavy atom. The number of nitrogens with zero attached hydrogens (tertiary/aromatic N) is 3. The molecule has 174 valence electrons. The van der Waals surface area contributed by atoms with Crippen molar-refractivity contribution in [3.8, 4) is 17.1 Å². The number of carbonyl (C=O) groups is 1. The highest BCUT2D eigenvalue weighted by Crippen LogP contribution is 2.37. The summed E-state index contributed by atoms with van der Waals surface area (Å²) in [5, 5.41) is 12.3. The van der Waals surface area contributed by atoms with Crippen molar-refractivity contribution >= 4 is 17.7 Å². The first-order valence-electron chi connectivity index (χ1n) is 11.3. The summed E-state index contributed by atoms with van der Waals surface area (Å²) in [6, 6.07) is 14.3. The number of carbonyl (C=O) groups excluding carboxylic acids is 1. The van der Waals surface area contributed by atoms with Gasteiger partial charge in [0.1, 0.15) is 11.6 Å². The summed E-state index contributed by atoms with van der Waals surface area (Å²) in [5.41, 5.74) is 1.84. The highest BCUT2D eigenvalue weighted by Gasteiger charge is 2.26. The Kier molecular flexibility index (Phi) is 7.65. The predicted octanol–water partition coefficient (Wildman–Crippen LogP) is 5.40. The maximum atomic E-state index is 13.1. The molecule has 1 atom stereocenters. The van der Waals surface area contributed by atoms with E-state index in [0.29, 0.717) is 12.6 Å². The molecule has 0 bridgehead atoms. The van der Waals surface area contributed by atoms with E-state index < -0.39 is 0 Å². The quantitative estimate of drug-likeness (QED) is 0.449. The van der Waals surface area contributed by atoms with Crippen LogP contribution in [-0.4, -0.2) is 33.0 Å². The van der Waals surface area contributed by atoms with Crippen molar-refractivity contribution in [1.82, 2.24) is 20.1 Å². The lowest BCUT2D eigenvalue weighted by molar-refractivity contribution is -0.120. The molecule has 3 aromatic rings. The number of aromatic nitrogens is 3. The molecule has 6 nitrogen and oxygen atoms in total. The number of halogens is 1. The van der Waals surface area contributed by atoms with Crippen molar-refractivity contribution in [2.75, 3.05) is 7.11 Å². The Balaban J connectivity index is 1.51. The van der Waals surface area contributed by atoms with Crippen LogP contribution >= 0.6 is 11.8 Å². The van der Waals surface area contributed by atoms with Gasteiger partial charge in [0.05, 0.1) is 12.4 Å². The molecular weight excluding hydrogens is 439 g/mol. The third-order valence-corrected chi connectivity index (χ3v) is 7.04. The van der Waals surface area contributed by atoms with Gasteiger partial charge < -0.3 is 10.1 Å². The van der Waals surface area contributed by atoms with Crippen molar-refractivity contribution < 1.29 is 13.9 Å². The number of benzene rings is 2. The number of hydrogen-bond donors (Lipinski definition) is 1. The highest BCUT2D eigenvalue weighted by atomic mass is 32.2. The molecule has 1 aliphatic rings. The van der Waals surface area contributed by atoms with Gasteiger partial charge in [-0.25, -0.2) is 4.39 Å². The van der Waals surface area contributed by atoms with Crippen molar-refractivity contribution in [1.29, 1.82) is 0 Å². The Morgan fingerprint density at radius 2 is 1.82 bits per heavy atom. The van der Waals surface area contributed by atoms with E-state index in [2.05, 4.69) is 20.1 Å². The number of methoxy groups -OCH3 is 1. The minimum atomic E-state index is -0.347. The van der Waals surface area contributed by atoms with Crippen LogP contribution in [-0.2, 0) is 11.3 Å². The van der Waals surface area contributed by atoms with E-state index in [-0.39, 0.29) is 17.0 Å². The number of amides is 1.